The summed E-state index contributed by atoms with van der Waals surface area (Å²) in [5.74, 6) is 4.04. The van der Waals surface area contributed by atoms with E-state index in [4.69, 9.17) is 0 Å². The zero-order valence-electron chi connectivity index (χ0n) is 10.4. The Bertz CT molecular complexity index is 328. The maximum absolute atomic E-state index is 4.52. The summed E-state index contributed by atoms with van der Waals surface area (Å²) in [5.41, 5.74) is 1.42. The summed E-state index contributed by atoms with van der Waals surface area (Å²) in [6.07, 6.45) is 0. The van der Waals surface area contributed by atoms with E-state index in [0.717, 1.165) is 12.3 Å². The van der Waals surface area contributed by atoms with Crippen molar-refractivity contribution in [1.82, 2.24) is 4.90 Å². The Labute approximate surface area is 114 Å². The van der Waals surface area contributed by atoms with Gasteiger partial charge in [-0.15, -0.1) is 0 Å². The van der Waals surface area contributed by atoms with Crippen LogP contribution in [0.2, 0.25) is 0 Å². The highest BCUT2D eigenvalue weighted by molar-refractivity contribution is 7.99. The number of thioether (sulfide) groups is 1. The third kappa shape index (κ3) is 3.67. The van der Waals surface area contributed by atoms with Crippen LogP contribution in [0.15, 0.2) is 30.3 Å². The lowest BCUT2D eigenvalue weighted by Crippen LogP contribution is -2.42. The van der Waals surface area contributed by atoms with E-state index in [9.17, 15) is 0 Å². The van der Waals surface area contributed by atoms with Crippen LogP contribution in [0.25, 0.3) is 0 Å². The molecule has 0 bridgehead atoms. The van der Waals surface area contributed by atoms with Gasteiger partial charge in [-0.3, -0.25) is 4.90 Å². The van der Waals surface area contributed by atoms with Gasteiger partial charge in [-0.1, -0.05) is 30.3 Å². The number of nitrogens with zero attached hydrogens (tertiary/aromatic N) is 1. The second-order valence-corrected chi connectivity index (χ2v) is 6.22. The highest BCUT2D eigenvalue weighted by Crippen LogP contribution is 2.23. The predicted octanol–water partition coefficient (Wildman–Crippen LogP) is 3.14. The molecule has 0 spiro atoms. The fraction of sp³-hybridized carbons (Fsp3) is 0.571. The molecule has 1 aliphatic heterocycles. The highest BCUT2D eigenvalue weighted by atomic mass is 32.2. The Kier molecular flexibility index (Phi) is 5.26. The number of rotatable bonds is 4. The maximum atomic E-state index is 4.52. The summed E-state index contributed by atoms with van der Waals surface area (Å²) in [5, 5.41) is 0. The molecule has 0 aromatic heterocycles. The van der Waals surface area contributed by atoms with Crippen LogP contribution in [-0.4, -0.2) is 41.3 Å². The lowest BCUT2D eigenvalue weighted by molar-refractivity contribution is 0.222. The van der Waals surface area contributed by atoms with E-state index in [2.05, 4.69) is 66.5 Å². The Hall–Kier alpha value is -0.120. The van der Waals surface area contributed by atoms with Crippen molar-refractivity contribution in [3.05, 3.63) is 35.9 Å². The standard InChI is InChI=1S/C14H21NS2/c1-12-11-17-8-7-15(12)9-14(10-16)13-5-3-2-4-6-13/h2-6,12,14,16H,7-11H2,1H3. The van der Waals surface area contributed by atoms with Crippen LogP contribution in [0.5, 0.6) is 0 Å². The monoisotopic (exact) mass is 267 g/mol. The van der Waals surface area contributed by atoms with Gasteiger partial charge in [0.1, 0.15) is 0 Å². The second kappa shape index (κ2) is 6.72. The largest absolute Gasteiger partial charge is 0.298 e. The van der Waals surface area contributed by atoms with Crippen LogP contribution < -0.4 is 0 Å². The van der Waals surface area contributed by atoms with Gasteiger partial charge in [-0.2, -0.15) is 24.4 Å². The lowest BCUT2D eigenvalue weighted by Gasteiger charge is -2.35. The quantitative estimate of drug-likeness (QED) is 0.835. The second-order valence-electron chi connectivity index (χ2n) is 4.71. The molecule has 1 fully saturated rings. The fourth-order valence-electron chi connectivity index (χ4n) is 2.31. The Morgan fingerprint density at radius 3 is 2.82 bits per heavy atom. The topological polar surface area (TPSA) is 3.24 Å². The predicted molar refractivity (Wildman–Crippen MR) is 81.4 cm³/mol. The van der Waals surface area contributed by atoms with Crippen molar-refractivity contribution in [2.75, 3.05) is 30.3 Å². The first kappa shape index (κ1) is 13.3. The van der Waals surface area contributed by atoms with E-state index < -0.39 is 0 Å². The number of benzene rings is 1. The van der Waals surface area contributed by atoms with Crippen molar-refractivity contribution in [2.24, 2.45) is 0 Å². The van der Waals surface area contributed by atoms with Crippen LogP contribution in [0.1, 0.15) is 18.4 Å². The molecule has 1 aromatic rings. The minimum atomic E-state index is 0.560. The average molecular weight is 267 g/mol. The van der Waals surface area contributed by atoms with Gasteiger partial charge in [0.2, 0.25) is 0 Å². The van der Waals surface area contributed by atoms with E-state index in [1.54, 1.807) is 0 Å². The molecule has 2 rings (SSSR count). The molecular weight excluding hydrogens is 246 g/mol. The van der Waals surface area contributed by atoms with Crippen LogP contribution in [0.3, 0.4) is 0 Å². The van der Waals surface area contributed by atoms with Crippen molar-refractivity contribution >= 4 is 24.4 Å². The van der Waals surface area contributed by atoms with Crippen molar-refractivity contribution in [2.45, 2.75) is 18.9 Å². The molecule has 1 heterocycles. The minimum Gasteiger partial charge on any atom is -0.298 e. The van der Waals surface area contributed by atoms with Gasteiger partial charge in [-0.25, -0.2) is 0 Å². The van der Waals surface area contributed by atoms with Crippen molar-refractivity contribution in [3.63, 3.8) is 0 Å². The summed E-state index contributed by atoms with van der Waals surface area (Å²) >= 11 is 6.60. The molecular formula is C14H21NS2. The van der Waals surface area contributed by atoms with Crippen LogP contribution in [0, 0.1) is 0 Å². The number of hydrogen-bond donors (Lipinski definition) is 1. The average Bonchev–Trinajstić information content (AvgIpc) is 2.39. The summed E-state index contributed by atoms with van der Waals surface area (Å²) in [7, 11) is 0. The minimum absolute atomic E-state index is 0.560. The molecule has 3 heteroatoms. The lowest BCUT2D eigenvalue weighted by atomic mass is 10.00. The van der Waals surface area contributed by atoms with Crippen LogP contribution >= 0.6 is 24.4 Å². The van der Waals surface area contributed by atoms with Gasteiger partial charge >= 0.3 is 0 Å². The van der Waals surface area contributed by atoms with E-state index in [1.165, 1.54) is 23.6 Å². The van der Waals surface area contributed by atoms with Gasteiger partial charge < -0.3 is 0 Å². The van der Waals surface area contributed by atoms with E-state index in [-0.39, 0.29) is 0 Å². The molecule has 17 heavy (non-hydrogen) atoms. The normalized spacial score (nSPS) is 23.5. The van der Waals surface area contributed by atoms with E-state index in [0.29, 0.717) is 12.0 Å². The molecule has 2 unspecified atom stereocenters. The zero-order valence-corrected chi connectivity index (χ0v) is 12.1. The summed E-state index contributed by atoms with van der Waals surface area (Å²) in [6, 6.07) is 11.5. The van der Waals surface area contributed by atoms with Gasteiger partial charge in [-0.05, 0) is 18.2 Å². The molecule has 0 aliphatic carbocycles. The molecule has 0 N–H and O–H groups in total. The van der Waals surface area contributed by atoms with Crippen molar-refractivity contribution < 1.29 is 0 Å². The molecule has 1 aromatic carbocycles. The highest BCUT2D eigenvalue weighted by Gasteiger charge is 2.22. The molecule has 0 saturated carbocycles. The van der Waals surface area contributed by atoms with Gasteiger partial charge in [0.05, 0.1) is 0 Å². The van der Waals surface area contributed by atoms with E-state index in [1.807, 2.05) is 0 Å². The number of thiol groups is 1. The van der Waals surface area contributed by atoms with Crippen LogP contribution in [-0.2, 0) is 0 Å². The molecule has 2 atom stereocenters. The third-order valence-electron chi connectivity index (χ3n) is 3.45. The SMILES string of the molecule is CC1CSCCN1CC(CS)c1ccccc1. The Balaban J connectivity index is 1.99. The molecule has 1 nitrogen and oxygen atoms in total. The van der Waals surface area contributed by atoms with Crippen LogP contribution in [0.4, 0.5) is 0 Å². The maximum Gasteiger partial charge on any atom is 0.0158 e. The molecule has 0 amide bonds. The van der Waals surface area contributed by atoms with E-state index >= 15 is 0 Å². The third-order valence-corrected chi connectivity index (χ3v) is 5.08. The van der Waals surface area contributed by atoms with Gasteiger partial charge in [0.25, 0.3) is 0 Å². The first-order valence-corrected chi connectivity index (χ1v) is 8.07. The zero-order chi connectivity index (χ0) is 12.1. The first-order valence-electron chi connectivity index (χ1n) is 6.29. The van der Waals surface area contributed by atoms with Gasteiger partial charge in [0, 0.05) is 36.6 Å². The molecule has 94 valence electrons. The van der Waals surface area contributed by atoms with Crippen molar-refractivity contribution in [1.29, 1.82) is 0 Å². The first-order chi connectivity index (χ1) is 8.31. The molecule has 1 aliphatic rings. The fourth-order valence-corrected chi connectivity index (χ4v) is 3.72. The Morgan fingerprint density at radius 2 is 2.18 bits per heavy atom. The smallest absolute Gasteiger partial charge is 0.0158 e. The molecule has 0 radical (unpaired) electrons. The summed E-state index contributed by atoms with van der Waals surface area (Å²) < 4.78 is 0. The molecule has 1 saturated heterocycles. The summed E-state index contributed by atoms with van der Waals surface area (Å²) in [4.78, 5) is 2.62. The van der Waals surface area contributed by atoms with Crippen molar-refractivity contribution in [3.8, 4) is 0 Å². The van der Waals surface area contributed by atoms with Gasteiger partial charge in [0.15, 0.2) is 0 Å². The number of hydrogen-bond acceptors (Lipinski definition) is 3. The summed E-state index contributed by atoms with van der Waals surface area (Å²) in [6.45, 7) is 4.71. The Morgan fingerprint density at radius 1 is 1.41 bits per heavy atom.